The summed E-state index contributed by atoms with van der Waals surface area (Å²) in [5.74, 6) is -1.36. The van der Waals surface area contributed by atoms with Gasteiger partial charge in [-0.2, -0.15) is 0 Å². The monoisotopic (exact) mass is 627 g/mol. The zero-order valence-corrected chi connectivity index (χ0v) is 28.2. The molecule has 2 aliphatic heterocycles. The third-order valence-electron chi connectivity index (χ3n) is 9.53. The number of hydrogen-bond donors (Lipinski definition) is 2. The van der Waals surface area contributed by atoms with Crippen LogP contribution in [0.15, 0.2) is 60.7 Å². The largest absolute Gasteiger partial charge is 0.459 e. The molecule has 2 saturated heterocycles. The molecule has 2 heterocycles. The van der Waals surface area contributed by atoms with Crippen molar-refractivity contribution in [2.75, 3.05) is 6.61 Å². The van der Waals surface area contributed by atoms with Gasteiger partial charge in [-0.15, -0.1) is 0 Å². The summed E-state index contributed by atoms with van der Waals surface area (Å²) in [6, 6.07) is 18.3. The molecule has 11 heteroatoms. The van der Waals surface area contributed by atoms with Crippen LogP contribution in [0.2, 0.25) is 37.8 Å². The molecule has 1 amide bonds. The number of rotatable bonds is 11. The lowest BCUT2D eigenvalue weighted by Gasteiger charge is -2.61. The van der Waals surface area contributed by atoms with Crippen LogP contribution in [-0.2, 0) is 30.1 Å². The maximum atomic E-state index is 13.2. The Morgan fingerprint density at radius 3 is 2.19 bits per heavy atom. The predicted octanol–water partition coefficient (Wildman–Crippen LogP) is 4.66. The number of β-lactam (4-membered cyclic amide) rings is 1. The van der Waals surface area contributed by atoms with E-state index in [0.29, 0.717) is 12.0 Å². The minimum absolute atomic E-state index is 0.148. The van der Waals surface area contributed by atoms with Crippen LogP contribution in [-0.4, -0.2) is 79.5 Å². The minimum atomic E-state index is -2.77. The zero-order valence-electron chi connectivity index (χ0n) is 26.2. The number of carbonyl (C=O) groups is 2. The first kappa shape index (κ1) is 32.0. The quantitative estimate of drug-likeness (QED) is 0.160. The van der Waals surface area contributed by atoms with Gasteiger partial charge in [-0.05, 0) is 61.9 Å². The maximum absolute atomic E-state index is 13.2. The molecule has 0 unspecified atom stereocenters. The van der Waals surface area contributed by atoms with Crippen LogP contribution in [0.3, 0.4) is 0 Å². The Hall–Kier alpha value is -2.39. The Labute approximate surface area is 256 Å². The van der Waals surface area contributed by atoms with Crippen molar-refractivity contribution >= 4 is 28.5 Å². The van der Waals surface area contributed by atoms with Crippen LogP contribution in [0.1, 0.15) is 42.6 Å². The van der Waals surface area contributed by atoms with Crippen molar-refractivity contribution in [3.63, 3.8) is 0 Å². The Morgan fingerprint density at radius 1 is 1.02 bits per heavy atom. The predicted molar refractivity (Wildman–Crippen MR) is 166 cm³/mol. The molecule has 5 rings (SSSR count). The molecule has 0 aromatic heterocycles. The van der Waals surface area contributed by atoms with Crippen LogP contribution in [0, 0.1) is 5.92 Å². The number of amides is 1. The smallest absolute Gasteiger partial charge is 0.338 e. The van der Waals surface area contributed by atoms with Gasteiger partial charge >= 0.3 is 5.97 Å². The summed E-state index contributed by atoms with van der Waals surface area (Å²) >= 11 is 0. The van der Waals surface area contributed by atoms with Gasteiger partial charge in [-0.3, -0.25) is 9.63 Å². The average molecular weight is 628 g/mol. The Bertz CT molecular complexity index is 1330. The molecular formula is C32H45NO8Si2. The summed E-state index contributed by atoms with van der Waals surface area (Å²) in [5.41, 5.74) is -1.29. The number of fused-ring (bicyclic) bond motifs is 2. The molecule has 1 saturated carbocycles. The highest BCUT2D eigenvalue weighted by Gasteiger charge is 2.81. The van der Waals surface area contributed by atoms with Gasteiger partial charge in [-0.1, -0.05) is 62.4 Å². The van der Waals surface area contributed by atoms with E-state index in [1.807, 2.05) is 63.3 Å². The van der Waals surface area contributed by atoms with E-state index in [1.165, 1.54) is 5.06 Å². The third-order valence-corrected chi connectivity index (χ3v) is 14.0. The average Bonchev–Trinajstić information content (AvgIpc) is 3.74. The van der Waals surface area contributed by atoms with Crippen molar-refractivity contribution in [1.29, 1.82) is 0 Å². The van der Waals surface area contributed by atoms with Crippen molar-refractivity contribution in [2.24, 2.45) is 5.92 Å². The molecule has 3 aliphatic rings. The number of esters is 1. The Morgan fingerprint density at radius 2 is 1.63 bits per heavy atom. The third kappa shape index (κ3) is 6.00. The molecule has 2 N–H and O–H groups in total. The number of nitrogens with zero attached hydrogens (tertiary/aromatic N) is 1. The Kier molecular flexibility index (Phi) is 8.34. The van der Waals surface area contributed by atoms with E-state index in [-0.39, 0.29) is 25.5 Å². The minimum Gasteiger partial charge on any atom is -0.459 e. The molecule has 43 heavy (non-hydrogen) atoms. The normalized spacial score (nSPS) is 30.5. The molecule has 1 spiro atoms. The molecule has 0 bridgehead atoms. The second-order valence-electron chi connectivity index (χ2n) is 14.4. The van der Waals surface area contributed by atoms with E-state index in [1.54, 1.807) is 24.3 Å². The summed E-state index contributed by atoms with van der Waals surface area (Å²) in [4.78, 5) is 43.8. The van der Waals surface area contributed by atoms with Crippen molar-refractivity contribution in [2.45, 2.75) is 101 Å². The molecule has 9 nitrogen and oxygen atoms in total. The lowest BCUT2D eigenvalue weighted by atomic mass is 9.59. The SMILES string of the molecule is CC(C)(C[C@H]1[C@@H](O[Si](C)(C)C)[C@@]2(CC(=O)N2OCc2ccccc2)[C@@H]2O[C@@H]2[C@@]1(O)COC(=O)c1ccccc1)[Si](C)(C)O. The molecule has 0 radical (unpaired) electrons. The van der Waals surface area contributed by atoms with Crippen LogP contribution < -0.4 is 0 Å². The van der Waals surface area contributed by atoms with Crippen LogP contribution in [0.4, 0.5) is 0 Å². The van der Waals surface area contributed by atoms with Gasteiger partial charge in [0.05, 0.1) is 18.1 Å². The number of ether oxygens (including phenoxy) is 2. The fourth-order valence-corrected chi connectivity index (χ4v) is 8.25. The number of carbonyl (C=O) groups excluding carboxylic acids is 2. The van der Waals surface area contributed by atoms with Crippen LogP contribution in [0.5, 0.6) is 0 Å². The molecule has 2 aromatic rings. The fourth-order valence-electron chi connectivity index (χ4n) is 6.40. The molecule has 3 fully saturated rings. The van der Waals surface area contributed by atoms with Gasteiger partial charge in [0.15, 0.2) is 16.6 Å². The summed E-state index contributed by atoms with van der Waals surface area (Å²) in [5, 5.41) is 13.4. The highest BCUT2D eigenvalue weighted by molar-refractivity contribution is 6.72. The molecule has 234 valence electrons. The van der Waals surface area contributed by atoms with Gasteiger partial charge in [0.1, 0.15) is 36.6 Å². The van der Waals surface area contributed by atoms with E-state index < -0.39 is 63.0 Å². The maximum Gasteiger partial charge on any atom is 0.338 e. The molecule has 2 aromatic carbocycles. The number of hydrogen-bond acceptors (Lipinski definition) is 8. The van der Waals surface area contributed by atoms with Crippen molar-refractivity contribution in [1.82, 2.24) is 5.06 Å². The zero-order chi connectivity index (χ0) is 31.4. The van der Waals surface area contributed by atoms with Crippen molar-refractivity contribution < 1.29 is 38.2 Å². The lowest BCUT2D eigenvalue weighted by Crippen LogP contribution is -2.80. The first-order valence-electron chi connectivity index (χ1n) is 15.0. The van der Waals surface area contributed by atoms with Gasteiger partial charge < -0.3 is 23.8 Å². The highest BCUT2D eigenvalue weighted by Crippen LogP contribution is 2.62. The van der Waals surface area contributed by atoms with Crippen molar-refractivity contribution in [3.8, 4) is 0 Å². The number of benzene rings is 2. The molecule has 6 atom stereocenters. The van der Waals surface area contributed by atoms with Crippen molar-refractivity contribution in [3.05, 3.63) is 71.8 Å². The number of epoxide rings is 1. The van der Waals surface area contributed by atoms with Gasteiger partial charge in [-0.25, -0.2) is 9.86 Å². The number of aliphatic hydroxyl groups is 1. The summed E-state index contributed by atoms with van der Waals surface area (Å²) < 4.78 is 19.0. The summed E-state index contributed by atoms with van der Waals surface area (Å²) in [6.45, 7) is 13.9. The van der Waals surface area contributed by atoms with Gasteiger partial charge in [0.25, 0.3) is 0 Å². The first-order valence-corrected chi connectivity index (χ1v) is 21.4. The summed E-state index contributed by atoms with van der Waals surface area (Å²) in [7, 11) is -5.08. The van der Waals surface area contributed by atoms with E-state index in [2.05, 4.69) is 19.6 Å². The van der Waals surface area contributed by atoms with E-state index in [9.17, 15) is 19.5 Å². The first-order chi connectivity index (χ1) is 20.0. The van der Waals surface area contributed by atoms with Gasteiger partial charge in [0.2, 0.25) is 5.91 Å². The second-order valence-corrected chi connectivity index (χ2v) is 23.4. The summed E-state index contributed by atoms with van der Waals surface area (Å²) in [6.07, 6.45) is -1.45. The Balaban J connectivity index is 1.53. The van der Waals surface area contributed by atoms with E-state index in [0.717, 1.165) is 5.56 Å². The fraction of sp³-hybridized carbons (Fsp3) is 0.562. The molecular weight excluding hydrogens is 583 g/mol. The standard InChI is InChI=1S/C32H45NO8Si2/c1-30(2,43(6,7)37)18-24-26(41-42(3,4)5)31(19-25(34)33(31)39-20-22-14-10-8-11-15-22)27-28(40-27)32(24,36)21-38-29(35)23-16-12-9-13-17-23/h8-17,24,26-28,36-37H,18-21H2,1-7H3/t24-,26+,27+,28-,31-,32+/m0/s1. The highest BCUT2D eigenvalue weighted by atomic mass is 28.4. The van der Waals surface area contributed by atoms with E-state index in [4.69, 9.17) is 18.7 Å². The van der Waals surface area contributed by atoms with E-state index >= 15 is 0 Å². The molecule has 1 aliphatic carbocycles. The topological polar surface area (TPSA) is 118 Å². The van der Waals surface area contributed by atoms with Gasteiger partial charge in [0, 0.05) is 5.92 Å². The second kappa shape index (κ2) is 11.2. The lowest BCUT2D eigenvalue weighted by molar-refractivity contribution is -0.299. The van der Waals surface area contributed by atoms with Crippen LogP contribution in [0.25, 0.3) is 0 Å². The number of hydroxylamine groups is 2. The van der Waals surface area contributed by atoms with Crippen LogP contribution >= 0.6 is 0 Å².